The molecule has 2 atom stereocenters. The molecule has 3 heteroatoms. The number of rotatable bonds is 9. The van der Waals surface area contributed by atoms with E-state index in [2.05, 4.69) is 24.5 Å². The van der Waals surface area contributed by atoms with Gasteiger partial charge in [0, 0.05) is 25.2 Å². The maximum atomic E-state index is 9.00. The predicted octanol–water partition coefficient (Wildman–Crippen LogP) is 1.13. The molecule has 1 saturated carbocycles. The second kappa shape index (κ2) is 7.20. The first-order chi connectivity index (χ1) is 7.31. The Balaban J connectivity index is 1.99. The summed E-state index contributed by atoms with van der Waals surface area (Å²) in [6.07, 6.45) is 5.05. The molecule has 0 bridgehead atoms. The van der Waals surface area contributed by atoms with Crippen molar-refractivity contribution in [3.8, 4) is 0 Å². The van der Waals surface area contributed by atoms with Crippen molar-refractivity contribution in [2.45, 2.75) is 51.6 Å². The lowest BCUT2D eigenvalue weighted by atomic mass is 10.1. The van der Waals surface area contributed by atoms with Crippen molar-refractivity contribution in [3.05, 3.63) is 0 Å². The first-order valence-electron chi connectivity index (χ1n) is 6.39. The molecule has 0 saturated heterocycles. The fourth-order valence-electron chi connectivity index (χ4n) is 2.01. The molecule has 0 aromatic rings. The minimum atomic E-state index is 0.246. The normalized spacial score (nSPS) is 20.2. The van der Waals surface area contributed by atoms with Crippen LogP contribution in [0.1, 0.15) is 39.5 Å². The van der Waals surface area contributed by atoms with E-state index in [1.165, 1.54) is 19.3 Å². The molecule has 1 aliphatic carbocycles. The van der Waals surface area contributed by atoms with Crippen molar-refractivity contribution in [1.82, 2.24) is 10.6 Å². The van der Waals surface area contributed by atoms with Gasteiger partial charge in [-0.15, -0.1) is 0 Å². The van der Waals surface area contributed by atoms with E-state index in [4.69, 9.17) is 5.11 Å². The molecule has 0 aromatic heterocycles. The maximum Gasteiger partial charge on any atom is 0.0584 e. The highest BCUT2D eigenvalue weighted by Gasteiger charge is 2.29. The number of nitrogens with one attached hydrogen (secondary N) is 2. The summed E-state index contributed by atoms with van der Waals surface area (Å²) in [5.41, 5.74) is 0. The first-order valence-corrected chi connectivity index (χ1v) is 6.39. The summed E-state index contributed by atoms with van der Waals surface area (Å²) in [4.78, 5) is 0. The Morgan fingerprint density at radius 2 is 1.80 bits per heavy atom. The summed E-state index contributed by atoms with van der Waals surface area (Å²) in [6, 6.07) is 0.994. The number of aliphatic hydroxyl groups excluding tert-OH is 1. The van der Waals surface area contributed by atoms with Crippen LogP contribution in [0.3, 0.4) is 0 Å². The van der Waals surface area contributed by atoms with Gasteiger partial charge in [0.05, 0.1) is 6.61 Å². The van der Waals surface area contributed by atoms with Gasteiger partial charge in [-0.3, -0.25) is 0 Å². The highest BCUT2D eigenvalue weighted by molar-refractivity contribution is 4.85. The average molecular weight is 214 g/mol. The van der Waals surface area contributed by atoms with Crippen LogP contribution in [0.25, 0.3) is 0 Å². The molecule has 0 amide bonds. The van der Waals surface area contributed by atoms with Crippen LogP contribution in [-0.4, -0.2) is 36.9 Å². The Kier molecular flexibility index (Phi) is 6.22. The molecule has 1 aliphatic rings. The van der Waals surface area contributed by atoms with Crippen LogP contribution in [-0.2, 0) is 0 Å². The van der Waals surface area contributed by atoms with Crippen LogP contribution < -0.4 is 10.6 Å². The smallest absolute Gasteiger partial charge is 0.0584 e. The van der Waals surface area contributed by atoms with Gasteiger partial charge in [0.2, 0.25) is 0 Å². The van der Waals surface area contributed by atoms with Crippen LogP contribution in [0, 0.1) is 5.92 Å². The van der Waals surface area contributed by atoms with Crippen molar-refractivity contribution in [1.29, 1.82) is 0 Å². The second-order valence-electron chi connectivity index (χ2n) is 4.55. The third kappa shape index (κ3) is 4.96. The fraction of sp³-hybridized carbons (Fsp3) is 1.00. The molecule has 0 spiro atoms. The average Bonchev–Trinajstić information content (AvgIpc) is 3.08. The van der Waals surface area contributed by atoms with Crippen LogP contribution in [0.5, 0.6) is 0 Å². The molecule has 3 nitrogen and oxygen atoms in total. The number of hydrogen-bond acceptors (Lipinski definition) is 3. The third-order valence-electron chi connectivity index (χ3n) is 3.31. The molecule has 1 fully saturated rings. The quantitative estimate of drug-likeness (QED) is 0.504. The van der Waals surface area contributed by atoms with Crippen LogP contribution >= 0.6 is 0 Å². The molecular weight excluding hydrogens is 188 g/mol. The molecule has 15 heavy (non-hydrogen) atoms. The number of hydrogen-bond donors (Lipinski definition) is 3. The summed E-state index contributed by atoms with van der Waals surface area (Å²) >= 11 is 0. The minimum absolute atomic E-state index is 0.246. The van der Waals surface area contributed by atoms with E-state index >= 15 is 0 Å². The highest BCUT2D eigenvalue weighted by Crippen LogP contribution is 2.33. The van der Waals surface area contributed by atoms with Crippen molar-refractivity contribution in [2.75, 3.05) is 19.7 Å². The molecule has 90 valence electrons. The van der Waals surface area contributed by atoms with Crippen molar-refractivity contribution in [3.63, 3.8) is 0 Å². The van der Waals surface area contributed by atoms with E-state index in [1.54, 1.807) is 0 Å². The van der Waals surface area contributed by atoms with Crippen molar-refractivity contribution >= 4 is 0 Å². The van der Waals surface area contributed by atoms with Crippen molar-refractivity contribution in [2.24, 2.45) is 5.92 Å². The Morgan fingerprint density at radius 1 is 1.13 bits per heavy atom. The number of aliphatic hydroxyl groups is 1. The largest absolute Gasteiger partial charge is 0.395 e. The van der Waals surface area contributed by atoms with Crippen LogP contribution in [0.4, 0.5) is 0 Å². The highest BCUT2D eigenvalue weighted by atomic mass is 16.3. The molecular formula is C12H26N2O. The Bertz CT molecular complexity index is 156. The molecule has 0 aliphatic heterocycles. The summed E-state index contributed by atoms with van der Waals surface area (Å²) in [5.74, 6) is 0.940. The Hall–Kier alpha value is -0.120. The van der Waals surface area contributed by atoms with Gasteiger partial charge in [-0.2, -0.15) is 0 Å². The topological polar surface area (TPSA) is 44.3 Å². The van der Waals surface area contributed by atoms with E-state index in [9.17, 15) is 0 Å². The molecule has 1 rings (SSSR count). The fourth-order valence-corrected chi connectivity index (χ4v) is 2.01. The molecule has 0 radical (unpaired) electrons. The summed E-state index contributed by atoms with van der Waals surface area (Å²) in [5, 5.41) is 15.9. The Morgan fingerprint density at radius 3 is 2.27 bits per heavy atom. The Labute approximate surface area is 93.6 Å². The standard InChI is InChI=1S/C12H26N2O/c1-3-11(9-15)13-7-8-14-12(4-2)10-5-6-10/h10-15H,3-9H2,1-2H3/t11-,12-/m0/s1. The molecule has 0 unspecified atom stereocenters. The lowest BCUT2D eigenvalue weighted by molar-refractivity contribution is 0.238. The van der Waals surface area contributed by atoms with Gasteiger partial charge >= 0.3 is 0 Å². The maximum absolute atomic E-state index is 9.00. The van der Waals surface area contributed by atoms with E-state index in [-0.39, 0.29) is 12.6 Å². The van der Waals surface area contributed by atoms with Gasteiger partial charge in [0.25, 0.3) is 0 Å². The van der Waals surface area contributed by atoms with E-state index in [1.807, 2.05) is 0 Å². The minimum Gasteiger partial charge on any atom is -0.395 e. The van der Waals surface area contributed by atoms with Gasteiger partial charge in [-0.1, -0.05) is 13.8 Å². The lowest BCUT2D eigenvalue weighted by Crippen LogP contribution is -2.40. The summed E-state index contributed by atoms with van der Waals surface area (Å²) < 4.78 is 0. The van der Waals surface area contributed by atoms with Gasteiger partial charge < -0.3 is 15.7 Å². The predicted molar refractivity (Wildman–Crippen MR) is 64.0 cm³/mol. The van der Waals surface area contributed by atoms with Gasteiger partial charge in [-0.05, 0) is 31.6 Å². The molecule has 3 N–H and O–H groups in total. The van der Waals surface area contributed by atoms with Gasteiger partial charge in [0.15, 0.2) is 0 Å². The monoisotopic (exact) mass is 214 g/mol. The van der Waals surface area contributed by atoms with Gasteiger partial charge in [0.1, 0.15) is 0 Å². The zero-order valence-corrected chi connectivity index (χ0v) is 10.1. The molecule has 0 aromatic carbocycles. The second-order valence-corrected chi connectivity index (χ2v) is 4.55. The lowest BCUT2D eigenvalue weighted by Gasteiger charge is -2.18. The van der Waals surface area contributed by atoms with E-state index < -0.39 is 0 Å². The van der Waals surface area contributed by atoms with E-state index in [0.29, 0.717) is 0 Å². The summed E-state index contributed by atoms with van der Waals surface area (Å²) in [7, 11) is 0. The third-order valence-corrected chi connectivity index (χ3v) is 3.31. The molecule has 0 heterocycles. The van der Waals surface area contributed by atoms with E-state index in [0.717, 1.165) is 31.5 Å². The van der Waals surface area contributed by atoms with Crippen molar-refractivity contribution < 1.29 is 5.11 Å². The van der Waals surface area contributed by atoms with Gasteiger partial charge in [-0.25, -0.2) is 0 Å². The van der Waals surface area contributed by atoms with Crippen LogP contribution in [0.2, 0.25) is 0 Å². The zero-order valence-electron chi connectivity index (χ0n) is 10.1. The zero-order chi connectivity index (χ0) is 11.1. The van der Waals surface area contributed by atoms with Crippen LogP contribution in [0.15, 0.2) is 0 Å². The SMILES string of the molecule is CC[C@@H](CO)NCCN[C@@H](CC)C1CC1. The first kappa shape index (κ1) is 12.9. The summed E-state index contributed by atoms with van der Waals surface area (Å²) in [6.45, 7) is 6.58.